The number of rotatable bonds is 6. The zero-order chi connectivity index (χ0) is 11.9. The van der Waals surface area contributed by atoms with Gasteiger partial charge < -0.3 is 14.8 Å². The Balaban J connectivity index is 2.09. The zero-order valence-corrected chi connectivity index (χ0v) is 10.3. The Morgan fingerprint density at radius 1 is 1.50 bits per heavy atom. The number of nitrogens with one attached hydrogen (secondary N) is 1. The molecule has 4 heteroatoms. The van der Waals surface area contributed by atoms with E-state index < -0.39 is 5.54 Å². The molecule has 1 saturated heterocycles. The molecule has 16 heavy (non-hydrogen) atoms. The van der Waals surface area contributed by atoms with Gasteiger partial charge in [0.2, 0.25) is 0 Å². The standard InChI is InChI=1S/C12H22N2O2/c1-12(10-13,14-2)6-3-7-16-11-4-8-15-9-5-11/h11,14H,3-9H2,1-2H3. The van der Waals surface area contributed by atoms with Gasteiger partial charge in [0, 0.05) is 19.8 Å². The maximum absolute atomic E-state index is 8.96. The molecule has 1 heterocycles. The first-order valence-electron chi connectivity index (χ1n) is 6.00. The Hall–Kier alpha value is -0.630. The minimum absolute atomic E-state index is 0.358. The second kappa shape index (κ2) is 6.85. The van der Waals surface area contributed by atoms with E-state index in [1.54, 1.807) is 0 Å². The molecule has 1 aliphatic rings. The molecule has 1 rings (SSSR count). The summed E-state index contributed by atoms with van der Waals surface area (Å²) in [5, 5.41) is 12.0. The smallest absolute Gasteiger partial charge is 0.103 e. The predicted molar refractivity (Wildman–Crippen MR) is 62.1 cm³/mol. The highest BCUT2D eigenvalue weighted by Gasteiger charge is 2.20. The molecule has 0 aliphatic carbocycles. The van der Waals surface area contributed by atoms with Gasteiger partial charge in [-0.05, 0) is 39.7 Å². The monoisotopic (exact) mass is 226 g/mol. The quantitative estimate of drug-likeness (QED) is 0.697. The highest BCUT2D eigenvalue weighted by Crippen LogP contribution is 2.14. The Kier molecular flexibility index (Phi) is 5.75. The maximum Gasteiger partial charge on any atom is 0.103 e. The molecule has 0 spiro atoms. The molecule has 0 aromatic rings. The highest BCUT2D eigenvalue weighted by atomic mass is 16.5. The summed E-state index contributed by atoms with van der Waals surface area (Å²) in [6, 6.07) is 2.28. The summed E-state index contributed by atoms with van der Waals surface area (Å²) in [6.07, 6.45) is 4.10. The third kappa shape index (κ3) is 4.48. The lowest BCUT2D eigenvalue weighted by molar-refractivity contribution is -0.0333. The minimum atomic E-state index is -0.418. The molecule has 4 nitrogen and oxygen atoms in total. The van der Waals surface area contributed by atoms with Gasteiger partial charge in [0.1, 0.15) is 5.54 Å². The van der Waals surface area contributed by atoms with Crippen molar-refractivity contribution in [2.75, 3.05) is 26.9 Å². The van der Waals surface area contributed by atoms with Crippen LogP contribution in [0.4, 0.5) is 0 Å². The van der Waals surface area contributed by atoms with Gasteiger partial charge in [-0.2, -0.15) is 5.26 Å². The maximum atomic E-state index is 8.96. The van der Waals surface area contributed by atoms with Crippen molar-refractivity contribution in [3.05, 3.63) is 0 Å². The third-order valence-corrected chi connectivity index (χ3v) is 3.14. The van der Waals surface area contributed by atoms with Crippen LogP contribution in [0.5, 0.6) is 0 Å². The van der Waals surface area contributed by atoms with Gasteiger partial charge in [-0.1, -0.05) is 0 Å². The molecule has 92 valence electrons. The highest BCUT2D eigenvalue weighted by molar-refractivity contribution is 5.02. The van der Waals surface area contributed by atoms with E-state index in [1.807, 2.05) is 14.0 Å². The second-order valence-electron chi connectivity index (χ2n) is 4.48. The van der Waals surface area contributed by atoms with Crippen LogP contribution in [0.25, 0.3) is 0 Å². The van der Waals surface area contributed by atoms with Gasteiger partial charge >= 0.3 is 0 Å². The van der Waals surface area contributed by atoms with Crippen molar-refractivity contribution in [2.24, 2.45) is 0 Å². The van der Waals surface area contributed by atoms with Crippen LogP contribution < -0.4 is 5.32 Å². The van der Waals surface area contributed by atoms with Gasteiger partial charge in [0.05, 0.1) is 12.2 Å². The lowest BCUT2D eigenvalue weighted by Crippen LogP contribution is -2.38. The summed E-state index contributed by atoms with van der Waals surface area (Å²) >= 11 is 0. The van der Waals surface area contributed by atoms with Crippen LogP contribution in [-0.2, 0) is 9.47 Å². The molecular formula is C12H22N2O2. The van der Waals surface area contributed by atoms with Crippen molar-refractivity contribution in [3.8, 4) is 6.07 Å². The van der Waals surface area contributed by atoms with E-state index in [9.17, 15) is 0 Å². The first-order chi connectivity index (χ1) is 7.70. The Morgan fingerprint density at radius 2 is 2.19 bits per heavy atom. The Labute approximate surface area is 97.9 Å². The van der Waals surface area contributed by atoms with Crippen molar-refractivity contribution in [2.45, 2.75) is 44.2 Å². The Bertz CT molecular complexity index is 234. The lowest BCUT2D eigenvalue weighted by Gasteiger charge is -2.24. The third-order valence-electron chi connectivity index (χ3n) is 3.14. The summed E-state index contributed by atoms with van der Waals surface area (Å²) in [5.74, 6) is 0. The summed E-state index contributed by atoms with van der Waals surface area (Å²) < 4.78 is 11.0. The molecule has 0 radical (unpaired) electrons. The van der Waals surface area contributed by atoms with E-state index in [-0.39, 0.29) is 0 Å². The van der Waals surface area contributed by atoms with Gasteiger partial charge in [0.15, 0.2) is 0 Å². The molecule has 0 aromatic heterocycles. The molecule has 0 saturated carbocycles. The van der Waals surface area contributed by atoms with Crippen LogP contribution in [0.1, 0.15) is 32.6 Å². The van der Waals surface area contributed by atoms with E-state index in [1.165, 1.54) is 0 Å². The summed E-state index contributed by atoms with van der Waals surface area (Å²) in [5.41, 5.74) is -0.418. The normalized spacial score (nSPS) is 21.3. The summed E-state index contributed by atoms with van der Waals surface area (Å²) in [6.45, 7) is 4.29. The predicted octanol–water partition coefficient (Wildman–Crippen LogP) is 1.46. The van der Waals surface area contributed by atoms with Crippen molar-refractivity contribution >= 4 is 0 Å². The zero-order valence-electron chi connectivity index (χ0n) is 10.3. The molecule has 1 atom stereocenters. The molecule has 0 bridgehead atoms. The number of ether oxygens (including phenoxy) is 2. The van der Waals surface area contributed by atoms with Crippen LogP contribution in [0, 0.1) is 11.3 Å². The van der Waals surface area contributed by atoms with E-state index >= 15 is 0 Å². The topological polar surface area (TPSA) is 54.3 Å². The SMILES string of the molecule is CNC(C)(C#N)CCCOC1CCOCC1. The van der Waals surface area contributed by atoms with Crippen molar-refractivity contribution in [1.29, 1.82) is 5.26 Å². The number of nitrogens with zero attached hydrogens (tertiary/aromatic N) is 1. The fraction of sp³-hybridized carbons (Fsp3) is 0.917. The molecular weight excluding hydrogens is 204 g/mol. The fourth-order valence-corrected chi connectivity index (χ4v) is 1.76. The lowest BCUT2D eigenvalue weighted by atomic mass is 9.98. The average Bonchev–Trinajstić information content (AvgIpc) is 2.36. The van der Waals surface area contributed by atoms with Crippen LogP contribution in [0.3, 0.4) is 0 Å². The minimum Gasteiger partial charge on any atom is -0.381 e. The Morgan fingerprint density at radius 3 is 2.75 bits per heavy atom. The first kappa shape index (κ1) is 13.4. The van der Waals surface area contributed by atoms with E-state index in [0.29, 0.717) is 6.10 Å². The first-order valence-corrected chi connectivity index (χ1v) is 6.00. The summed E-state index contributed by atoms with van der Waals surface area (Å²) in [4.78, 5) is 0. The van der Waals surface area contributed by atoms with E-state index in [2.05, 4.69) is 11.4 Å². The number of hydrogen-bond donors (Lipinski definition) is 1. The molecule has 1 unspecified atom stereocenters. The van der Waals surface area contributed by atoms with Crippen LogP contribution >= 0.6 is 0 Å². The number of nitriles is 1. The van der Waals surface area contributed by atoms with Crippen molar-refractivity contribution in [1.82, 2.24) is 5.32 Å². The largest absolute Gasteiger partial charge is 0.381 e. The van der Waals surface area contributed by atoms with Crippen LogP contribution in [-0.4, -0.2) is 38.5 Å². The van der Waals surface area contributed by atoms with E-state index in [4.69, 9.17) is 14.7 Å². The van der Waals surface area contributed by atoms with Crippen molar-refractivity contribution in [3.63, 3.8) is 0 Å². The van der Waals surface area contributed by atoms with Crippen molar-refractivity contribution < 1.29 is 9.47 Å². The molecule has 0 aromatic carbocycles. The van der Waals surface area contributed by atoms with Crippen LogP contribution in [0.2, 0.25) is 0 Å². The van der Waals surface area contributed by atoms with Gasteiger partial charge in [-0.3, -0.25) is 0 Å². The molecule has 1 aliphatic heterocycles. The summed E-state index contributed by atoms with van der Waals surface area (Å²) in [7, 11) is 1.82. The second-order valence-corrected chi connectivity index (χ2v) is 4.48. The van der Waals surface area contributed by atoms with Crippen LogP contribution in [0.15, 0.2) is 0 Å². The molecule has 1 N–H and O–H groups in total. The molecule has 1 fully saturated rings. The fourth-order valence-electron chi connectivity index (χ4n) is 1.76. The van der Waals surface area contributed by atoms with Gasteiger partial charge in [-0.15, -0.1) is 0 Å². The average molecular weight is 226 g/mol. The van der Waals surface area contributed by atoms with E-state index in [0.717, 1.165) is 45.5 Å². The molecule has 0 amide bonds. The number of hydrogen-bond acceptors (Lipinski definition) is 4. The van der Waals surface area contributed by atoms with Gasteiger partial charge in [0.25, 0.3) is 0 Å². The van der Waals surface area contributed by atoms with Gasteiger partial charge in [-0.25, -0.2) is 0 Å².